The van der Waals surface area contributed by atoms with E-state index < -0.39 is 16.1 Å². The highest BCUT2D eigenvalue weighted by molar-refractivity contribution is 7.89. The molecular weight excluding hydrogens is 390 g/mol. The van der Waals surface area contributed by atoms with Crippen molar-refractivity contribution in [1.82, 2.24) is 24.9 Å². The second-order valence-electron chi connectivity index (χ2n) is 7.09. The number of tetrazole rings is 1. The molecule has 0 aliphatic heterocycles. The molecule has 0 amide bonds. The molecule has 8 nitrogen and oxygen atoms in total. The second kappa shape index (κ2) is 9.06. The number of nitrogens with one attached hydrogen (secondary N) is 1. The maximum atomic E-state index is 12.8. The molecule has 0 fully saturated rings. The third-order valence-electron chi connectivity index (χ3n) is 4.23. The molecular formula is C20H23N5O3S. The number of hydrogen-bond acceptors (Lipinski definition) is 6. The Kier molecular flexibility index (Phi) is 6.50. The van der Waals surface area contributed by atoms with Crippen molar-refractivity contribution in [3.8, 4) is 11.4 Å². The summed E-state index contributed by atoms with van der Waals surface area (Å²) in [5.41, 5.74) is 0.787. The minimum absolute atomic E-state index is 0.117. The number of hydrogen-bond donors (Lipinski definition) is 1. The van der Waals surface area contributed by atoms with Gasteiger partial charge in [0.15, 0.2) is 5.78 Å². The number of aromatic nitrogens is 4. The molecule has 1 heterocycles. The largest absolute Gasteiger partial charge is 0.296 e. The Hall–Kier alpha value is -2.91. The van der Waals surface area contributed by atoms with Crippen LogP contribution in [0.1, 0.15) is 20.3 Å². The molecule has 3 rings (SSSR count). The number of Topliss-reactive ketones (excluding diaryl/α,β-unsaturated/α-hetero) is 1. The van der Waals surface area contributed by atoms with E-state index in [1.807, 2.05) is 44.2 Å². The highest BCUT2D eigenvalue weighted by Crippen LogP contribution is 2.14. The molecule has 0 spiro atoms. The van der Waals surface area contributed by atoms with Gasteiger partial charge in [0, 0.05) is 5.56 Å². The maximum absolute atomic E-state index is 12.8. The summed E-state index contributed by atoms with van der Waals surface area (Å²) in [6, 6.07) is 16.4. The fourth-order valence-electron chi connectivity index (χ4n) is 2.83. The predicted octanol–water partition coefficient (Wildman–Crippen LogP) is 2.30. The Labute approximate surface area is 170 Å². The topological polar surface area (TPSA) is 107 Å². The van der Waals surface area contributed by atoms with Crippen LogP contribution in [0.25, 0.3) is 11.4 Å². The lowest BCUT2D eigenvalue weighted by molar-refractivity contribution is -0.122. The number of sulfonamides is 1. The van der Waals surface area contributed by atoms with Crippen LogP contribution in [0.2, 0.25) is 0 Å². The van der Waals surface area contributed by atoms with Crippen molar-refractivity contribution in [3.05, 3.63) is 60.7 Å². The Morgan fingerprint density at radius 3 is 2.28 bits per heavy atom. The van der Waals surface area contributed by atoms with Crippen LogP contribution in [0.4, 0.5) is 0 Å². The van der Waals surface area contributed by atoms with Gasteiger partial charge in [-0.05, 0) is 29.7 Å². The molecule has 0 bridgehead atoms. The first-order valence-electron chi connectivity index (χ1n) is 9.28. The molecule has 0 aliphatic rings. The van der Waals surface area contributed by atoms with Crippen LogP contribution in [-0.4, -0.2) is 40.5 Å². The van der Waals surface area contributed by atoms with E-state index in [1.165, 1.54) is 16.9 Å². The number of carbonyl (C=O) groups excluding carboxylic acids is 1. The van der Waals surface area contributed by atoms with E-state index in [4.69, 9.17) is 0 Å². The highest BCUT2D eigenvalue weighted by Gasteiger charge is 2.27. The van der Waals surface area contributed by atoms with Crippen LogP contribution in [0.15, 0.2) is 65.6 Å². The summed E-state index contributed by atoms with van der Waals surface area (Å²) in [7, 11) is -3.82. The molecule has 29 heavy (non-hydrogen) atoms. The zero-order chi connectivity index (χ0) is 20.9. The molecule has 0 radical (unpaired) electrons. The second-order valence-corrected chi connectivity index (χ2v) is 8.81. The van der Waals surface area contributed by atoms with Gasteiger partial charge in [0.25, 0.3) is 0 Å². The van der Waals surface area contributed by atoms with Crippen LogP contribution in [0, 0.1) is 5.92 Å². The molecule has 0 aliphatic carbocycles. The van der Waals surface area contributed by atoms with Crippen molar-refractivity contribution >= 4 is 15.8 Å². The summed E-state index contributed by atoms with van der Waals surface area (Å²) in [6.45, 7) is 3.69. The number of rotatable bonds is 9. The van der Waals surface area contributed by atoms with E-state index in [9.17, 15) is 13.2 Å². The minimum atomic E-state index is -3.82. The molecule has 3 aromatic rings. The van der Waals surface area contributed by atoms with Gasteiger partial charge in [-0.3, -0.25) is 4.79 Å². The SMILES string of the molecule is CC(C)C[C@H](NS(=O)(=O)c1ccccc1)C(=O)Cn1nnc(-c2ccccc2)n1. The minimum Gasteiger partial charge on any atom is -0.296 e. The molecule has 9 heteroatoms. The van der Waals surface area contributed by atoms with Crippen molar-refractivity contribution in [2.45, 2.75) is 37.8 Å². The van der Waals surface area contributed by atoms with E-state index in [1.54, 1.807) is 18.2 Å². The Morgan fingerprint density at radius 2 is 1.66 bits per heavy atom. The third-order valence-corrected chi connectivity index (χ3v) is 5.72. The van der Waals surface area contributed by atoms with E-state index in [2.05, 4.69) is 20.1 Å². The van der Waals surface area contributed by atoms with Gasteiger partial charge in [-0.25, -0.2) is 13.1 Å². The Balaban J connectivity index is 1.75. The molecule has 2 aromatic carbocycles. The van der Waals surface area contributed by atoms with Gasteiger partial charge >= 0.3 is 0 Å². The number of ketones is 1. The van der Waals surface area contributed by atoms with Crippen molar-refractivity contribution in [1.29, 1.82) is 0 Å². The quantitative estimate of drug-likeness (QED) is 0.577. The standard InChI is InChI=1S/C20H23N5O3S/c1-15(2)13-18(23-29(27,28)17-11-7-4-8-12-17)19(26)14-25-22-20(21-24-25)16-9-5-3-6-10-16/h3-12,15,18,23H,13-14H2,1-2H3/t18-/m0/s1. The van der Waals surface area contributed by atoms with Crippen LogP contribution in [-0.2, 0) is 21.4 Å². The lowest BCUT2D eigenvalue weighted by Gasteiger charge is -2.19. The molecule has 1 atom stereocenters. The van der Waals surface area contributed by atoms with E-state index in [0.717, 1.165) is 5.56 Å². The van der Waals surface area contributed by atoms with Crippen LogP contribution in [0.5, 0.6) is 0 Å². The van der Waals surface area contributed by atoms with Crippen LogP contribution >= 0.6 is 0 Å². The summed E-state index contributed by atoms with van der Waals surface area (Å²) in [6.07, 6.45) is 0.366. The van der Waals surface area contributed by atoms with Crippen LogP contribution < -0.4 is 4.72 Å². The summed E-state index contributed by atoms with van der Waals surface area (Å²) in [5.74, 6) is 0.199. The zero-order valence-electron chi connectivity index (χ0n) is 16.3. The van der Waals surface area contributed by atoms with Crippen molar-refractivity contribution < 1.29 is 13.2 Å². The Morgan fingerprint density at radius 1 is 1.03 bits per heavy atom. The molecule has 152 valence electrons. The van der Waals surface area contributed by atoms with Gasteiger partial charge in [-0.15, -0.1) is 10.2 Å². The third kappa shape index (κ3) is 5.55. The van der Waals surface area contributed by atoms with Gasteiger partial charge in [-0.1, -0.05) is 62.4 Å². The fourth-order valence-corrected chi connectivity index (χ4v) is 4.09. The van der Waals surface area contributed by atoms with Crippen molar-refractivity contribution in [3.63, 3.8) is 0 Å². The maximum Gasteiger partial charge on any atom is 0.241 e. The van der Waals surface area contributed by atoms with Crippen LogP contribution in [0.3, 0.4) is 0 Å². The number of nitrogens with zero attached hydrogens (tertiary/aromatic N) is 4. The molecule has 1 aromatic heterocycles. The van der Waals surface area contributed by atoms with Crippen molar-refractivity contribution in [2.24, 2.45) is 5.92 Å². The van der Waals surface area contributed by atoms with E-state index in [-0.39, 0.29) is 23.1 Å². The Bertz CT molecular complexity index is 1050. The lowest BCUT2D eigenvalue weighted by Crippen LogP contribution is -2.43. The summed E-state index contributed by atoms with van der Waals surface area (Å²) >= 11 is 0. The average molecular weight is 414 g/mol. The fraction of sp³-hybridized carbons (Fsp3) is 0.300. The molecule has 0 saturated heterocycles. The smallest absolute Gasteiger partial charge is 0.241 e. The summed E-state index contributed by atoms with van der Waals surface area (Å²) in [4.78, 5) is 14.2. The average Bonchev–Trinajstić information content (AvgIpc) is 3.17. The van der Waals surface area contributed by atoms with Crippen molar-refractivity contribution in [2.75, 3.05) is 0 Å². The first-order chi connectivity index (χ1) is 13.8. The summed E-state index contributed by atoms with van der Waals surface area (Å²) < 4.78 is 27.8. The highest BCUT2D eigenvalue weighted by atomic mass is 32.2. The number of carbonyl (C=O) groups is 1. The lowest BCUT2D eigenvalue weighted by atomic mass is 10.0. The molecule has 0 unspecified atom stereocenters. The molecule has 0 saturated carbocycles. The molecule has 1 N–H and O–H groups in total. The summed E-state index contributed by atoms with van der Waals surface area (Å²) in [5, 5.41) is 12.1. The van der Waals surface area contributed by atoms with E-state index >= 15 is 0 Å². The van der Waals surface area contributed by atoms with Gasteiger partial charge in [-0.2, -0.15) is 4.80 Å². The monoisotopic (exact) mass is 413 g/mol. The van der Waals surface area contributed by atoms with Gasteiger partial charge in [0.2, 0.25) is 15.8 Å². The van der Waals surface area contributed by atoms with Gasteiger partial charge in [0.05, 0.1) is 10.9 Å². The van der Waals surface area contributed by atoms with Gasteiger partial charge in [0.1, 0.15) is 6.54 Å². The normalized spacial score (nSPS) is 12.8. The first kappa shape index (κ1) is 20.8. The number of benzene rings is 2. The van der Waals surface area contributed by atoms with Gasteiger partial charge < -0.3 is 0 Å². The zero-order valence-corrected chi connectivity index (χ0v) is 17.1. The van der Waals surface area contributed by atoms with E-state index in [0.29, 0.717) is 12.2 Å². The predicted molar refractivity (Wildman–Crippen MR) is 108 cm³/mol. The first-order valence-corrected chi connectivity index (χ1v) is 10.8.